The maximum absolute atomic E-state index is 5.38. The van der Waals surface area contributed by atoms with E-state index in [1.54, 1.807) is 0 Å². The summed E-state index contributed by atoms with van der Waals surface area (Å²) in [6.07, 6.45) is 8.74. The standard InChI is InChI=1S/2C6H15P.2C2H6ClSi.Pt/c2*1-4-7(5-2)6-3;2*1-4(2)3;/h2*4-6H2,1-3H3;2*1-2H3;/p+2. The molecule has 0 spiro atoms. The van der Waals surface area contributed by atoms with Crippen LogP contribution in [-0.2, 0) is 21.1 Å². The van der Waals surface area contributed by atoms with E-state index in [0.29, 0.717) is 0 Å². The van der Waals surface area contributed by atoms with Gasteiger partial charge in [-0.3, -0.25) is 0 Å². The molecule has 7 heteroatoms. The SMILES string of the molecule is CC[PH+](CC)CC.CC[PH+](CC)CC.C[Si](C)Cl.C[Si](C)Cl.[Pt]. The van der Waals surface area contributed by atoms with Crippen LogP contribution in [0.5, 0.6) is 0 Å². The summed E-state index contributed by atoms with van der Waals surface area (Å²) in [4.78, 5) is 0. The molecule has 0 rings (SSSR count). The third-order valence-electron chi connectivity index (χ3n) is 3.00. The molecule has 0 atom stereocenters. The molecule has 0 aromatic carbocycles. The second-order valence-corrected chi connectivity index (χ2v) is 20.7. The molecule has 0 aromatic heterocycles. The molecule has 0 N–H and O–H groups in total. The van der Waals surface area contributed by atoms with E-state index in [9.17, 15) is 0 Å². The smallest absolute Gasteiger partial charge is 0.158 e. The summed E-state index contributed by atoms with van der Waals surface area (Å²) in [6.45, 7) is 22.0. The zero-order valence-corrected chi connectivity index (χ0v) is 25.1. The van der Waals surface area contributed by atoms with E-state index in [1.165, 1.54) is 37.0 Å². The van der Waals surface area contributed by atoms with Crippen molar-refractivity contribution in [3.05, 3.63) is 0 Å². The van der Waals surface area contributed by atoms with E-state index in [0.717, 1.165) is 0 Å². The summed E-state index contributed by atoms with van der Waals surface area (Å²) in [7, 11) is -0.540. The van der Waals surface area contributed by atoms with Crippen LogP contribution < -0.4 is 0 Å². The zero-order chi connectivity index (χ0) is 18.6. The van der Waals surface area contributed by atoms with Gasteiger partial charge in [-0.1, -0.05) is 26.2 Å². The second-order valence-electron chi connectivity index (χ2n) is 5.38. The van der Waals surface area contributed by atoms with E-state index in [4.69, 9.17) is 22.2 Å². The Hall–Kier alpha value is 2.56. The fourth-order valence-corrected chi connectivity index (χ4v) is 4.50. The Balaban J connectivity index is -0.0000000639. The van der Waals surface area contributed by atoms with Gasteiger partial charge in [0.2, 0.25) is 0 Å². The van der Waals surface area contributed by atoms with Gasteiger partial charge in [0, 0.05) is 21.1 Å². The molecule has 2 radical (unpaired) electrons. The third-order valence-corrected chi connectivity index (χ3v) is 9.00. The second kappa shape index (κ2) is 32.3. The van der Waals surface area contributed by atoms with Gasteiger partial charge in [0.25, 0.3) is 0 Å². The molecule has 0 heterocycles. The molecule has 0 aliphatic rings. The maximum atomic E-state index is 5.38. The van der Waals surface area contributed by atoms with Gasteiger partial charge in [0.1, 0.15) is 0 Å². The molecular formula is C16H44Cl2P2PtSi2+2. The predicted molar refractivity (Wildman–Crippen MR) is 127 cm³/mol. The molecule has 0 unspecified atom stereocenters. The molecule has 0 aromatic rings. The monoisotopic (exact) mass is 619 g/mol. The topological polar surface area (TPSA) is 0 Å². The van der Waals surface area contributed by atoms with Gasteiger partial charge < -0.3 is 0 Å². The van der Waals surface area contributed by atoms with Gasteiger partial charge in [-0.05, 0) is 57.4 Å². The molecule has 0 fully saturated rings. The van der Waals surface area contributed by atoms with Crippen molar-refractivity contribution < 1.29 is 21.1 Å². The van der Waals surface area contributed by atoms with Crippen molar-refractivity contribution >= 4 is 54.2 Å². The molecule has 0 saturated heterocycles. The van der Waals surface area contributed by atoms with Crippen molar-refractivity contribution in [2.45, 2.75) is 67.7 Å². The minimum absolute atomic E-state index is 0. The van der Waals surface area contributed by atoms with Crippen molar-refractivity contribution in [3.63, 3.8) is 0 Å². The molecule has 0 aliphatic carbocycles. The van der Waals surface area contributed by atoms with E-state index in [2.05, 4.69) is 41.5 Å². The zero-order valence-electron chi connectivity index (χ0n) is 17.3. The number of hydrogen-bond donors (Lipinski definition) is 0. The number of hydrogen-bond acceptors (Lipinski definition) is 0. The normalized spacial score (nSPS) is 9.39. The summed E-state index contributed by atoms with van der Waals surface area (Å²) in [5, 5.41) is 0. The van der Waals surface area contributed by atoms with Crippen molar-refractivity contribution in [1.82, 2.24) is 0 Å². The quantitative estimate of drug-likeness (QED) is 0.164. The first kappa shape index (κ1) is 36.5. The maximum Gasteiger partial charge on any atom is 0.158 e. The van der Waals surface area contributed by atoms with Gasteiger partial charge in [-0.15, -0.1) is 0 Å². The van der Waals surface area contributed by atoms with Crippen LogP contribution in [0.2, 0.25) is 26.2 Å². The Kier molecular flexibility index (Phi) is 51.1. The Morgan fingerprint density at radius 2 is 0.609 bits per heavy atom. The summed E-state index contributed by atoms with van der Waals surface area (Å²) in [5.74, 6) is 0. The first-order chi connectivity index (χ1) is 10.2. The van der Waals surface area contributed by atoms with Crippen molar-refractivity contribution in [3.8, 4) is 0 Å². The third kappa shape index (κ3) is 59.0. The molecule has 148 valence electrons. The van der Waals surface area contributed by atoms with Crippen LogP contribution in [0.1, 0.15) is 41.5 Å². The fraction of sp³-hybridized carbons (Fsp3) is 1.00. The van der Waals surface area contributed by atoms with E-state index >= 15 is 0 Å². The Morgan fingerprint density at radius 1 is 0.522 bits per heavy atom. The Bertz CT molecular complexity index is 138. The minimum Gasteiger partial charge on any atom is -0.170 e. The molecule has 0 nitrogen and oxygen atoms in total. The van der Waals surface area contributed by atoms with Gasteiger partial charge >= 0.3 is 0 Å². The molecule has 0 aliphatic heterocycles. The predicted octanol–water partition coefficient (Wildman–Crippen LogP) is 7.47. The average Bonchev–Trinajstić information content (AvgIpc) is 2.42. The van der Waals surface area contributed by atoms with Crippen LogP contribution in [0.25, 0.3) is 0 Å². The molecule has 23 heavy (non-hydrogen) atoms. The van der Waals surface area contributed by atoms with Crippen molar-refractivity contribution in [1.29, 1.82) is 0 Å². The van der Waals surface area contributed by atoms with E-state index in [1.807, 2.05) is 26.2 Å². The van der Waals surface area contributed by atoms with Gasteiger partial charge in [0.15, 0.2) is 16.2 Å². The first-order valence-electron chi connectivity index (χ1n) is 8.74. The van der Waals surface area contributed by atoms with E-state index in [-0.39, 0.29) is 36.9 Å². The fourth-order valence-electron chi connectivity index (χ4n) is 1.50. The molecule has 0 bridgehead atoms. The van der Waals surface area contributed by atoms with Gasteiger partial charge in [0.05, 0.1) is 37.0 Å². The van der Waals surface area contributed by atoms with E-state index < -0.39 is 16.2 Å². The summed E-state index contributed by atoms with van der Waals surface area (Å²) in [6, 6.07) is 0. The summed E-state index contributed by atoms with van der Waals surface area (Å²) < 4.78 is 0. The van der Waals surface area contributed by atoms with Crippen LogP contribution in [-0.4, -0.2) is 53.2 Å². The van der Waals surface area contributed by atoms with Crippen LogP contribution in [0.15, 0.2) is 0 Å². The molecule has 0 saturated carbocycles. The average molecular weight is 621 g/mol. The Morgan fingerprint density at radius 3 is 0.609 bits per heavy atom. The summed E-state index contributed by atoms with van der Waals surface area (Å²) in [5.41, 5.74) is 0. The Labute approximate surface area is 179 Å². The van der Waals surface area contributed by atoms with Crippen LogP contribution in [0.3, 0.4) is 0 Å². The first-order valence-corrected chi connectivity index (χ1v) is 20.0. The summed E-state index contributed by atoms with van der Waals surface area (Å²) >= 11 is 10.8. The number of halogens is 2. The van der Waals surface area contributed by atoms with Crippen molar-refractivity contribution in [2.75, 3.05) is 37.0 Å². The minimum atomic E-state index is -0.407. The molecule has 0 amide bonds. The number of rotatable bonds is 6. The molecular weight excluding hydrogens is 576 g/mol. The van der Waals surface area contributed by atoms with Crippen LogP contribution >= 0.6 is 38.0 Å². The van der Waals surface area contributed by atoms with Gasteiger partial charge in [-0.25, -0.2) is 0 Å². The van der Waals surface area contributed by atoms with Crippen LogP contribution in [0, 0.1) is 0 Å². The van der Waals surface area contributed by atoms with Crippen molar-refractivity contribution in [2.24, 2.45) is 0 Å². The van der Waals surface area contributed by atoms with Crippen LogP contribution in [0.4, 0.5) is 0 Å². The van der Waals surface area contributed by atoms with Gasteiger partial charge in [-0.2, -0.15) is 22.2 Å². The largest absolute Gasteiger partial charge is 0.170 e.